The van der Waals surface area contributed by atoms with E-state index in [-0.39, 0.29) is 12.4 Å². The average Bonchev–Trinajstić information content (AvgIpc) is 3.41. The molecule has 3 aromatic heterocycles. The summed E-state index contributed by atoms with van der Waals surface area (Å²) in [6.07, 6.45) is 2.78. The van der Waals surface area contributed by atoms with Gasteiger partial charge in [-0.25, -0.2) is 9.97 Å². The van der Waals surface area contributed by atoms with Crippen molar-refractivity contribution in [1.29, 1.82) is 0 Å². The van der Waals surface area contributed by atoms with Crippen molar-refractivity contribution in [3.8, 4) is 22.9 Å². The van der Waals surface area contributed by atoms with Crippen molar-refractivity contribution in [3.05, 3.63) is 54.5 Å². The smallest absolute Gasteiger partial charge is 0.310 e. The van der Waals surface area contributed by atoms with Crippen LogP contribution in [0.1, 0.15) is 26.1 Å². The van der Waals surface area contributed by atoms with Crippen LogP contribution in [0.15, 0.2) is 48.7 Å². The SMILES string of the molecule is CCC(=O)Oc1cn(-c2ccc3c(c2)OCCO3)c2nc(CC)n3c4ccccc4nc3c12. The first kappa shape index (κ1) is 19.6. The first-order valence-electron chi connectivity index (χ1n) is 11.1. The van der Waals surface area contributed by atoms with E-state index in [2.05, 4.69) is 11.3 Å². The minimum atomic E-state index is -0.315. The molecule has 2 aromatic carbocycles. The molecule has 166 valence electrons. The highest BCUT2D eigenvalue weighted by molar-refractivity contribution is 6.01. The largest absolute Gasteiger partial charge is 0.486 e. The molecule has 0 unspecified atom stereocenters. The maximum atomic E-state index is 12.3. The van der Waals surface area contributed by atoms with Gasteiger partial charge in [-0.15, -0.1) is 0 Å². The molecule has 0 saturated heterocycles. The van der Waals surface area contributed by atoms with Crippen LogP contribution in [0.2, 0.25) is 0 Å². The number of para-hydroxylation sites is 2. The van der Waals surface area contributed by atoms with E-state index in [1.54, 1.807) is 13.1 Å². The summed E-state index contributed by atoms with van der Waals surface area (Å²) >= 11 is 0. The van der Waals surface area contributed by atoms with Crippen LogP contribution in [0.3, 0.4) is 0 Å². The Balaban J connectivity index is 1.68. The zero-order valence-electron chi connectivity index (χ0n) is 18.4. The van der Waals surface area contributed by atoms with E-state index in [9.17, 15) is 4.79 Å². The molecule has 0 bridgehead atoms. The summed E-state index contributed by atoms with van der Waals surface area (Å²) in [5.74, 6) is 2.38. The fourth-order valence-corrected chi connectivity index (χ4v) is 4.31. The number of esters is 1. The minimum absolute atomic E-state index is 0.268. The lowest BCUT2D eigenvalue weighted by Gasteiger charge is -2.19. The molecule has 6 rings (SSSR count). The second-order valence-electron chi connectivity index (χ2n) is 7.86. The zero-order valence-corrected chi connectivity index (χ0v) is 18.4. The van der Waals surface area contributed by atoms with Crippen molar-refractivity contribution < 1.29 is 19.0 Å². The lowest BCUT2D eigenvalue weighted by molar-refractivity contribution is -0.133. The van der Waals surface area contributed by atoms with Gasteiger partial charge in [0, 0.05) is 18.9 Å². The normalized spacial score (nSPS) is 13.2. The summed E-state index contributed by atoms with van der Waals surface area (Å²) < 4.78 is 21.2. The summed E-state index contributed by atoms with van der Waals surface area (Å²) in [5, 5.41) is 0.695. The maximum Gasteiger partial charge on any atom is 0.310 e. The van der Waals surface area contributed by atoms with Gasteiger partial charge in [0.15, 0.2) is 28.5 Å². The molecule has 0 N–H and O–H groups in total. The molecule has 0 saturated carbocycles. The van der Waals surface area contributed by atoms with Crippen LogP contribution in [-0.2, 0) is 11.2 Å². The topological polar surface area (TPSA) is 79.9 Å². The lowest BCUT2D eigenvalue weighted by Crippen LogP contribution is -2.15. The van der Waals surface area contributed by atoms with Crippen molar-refractivity contribution in [2.45, 2.75) is 26.7 Å². The van der Waals surface area contributed by atoms with Crippen LogP contribution in [0.5, 0.6) is 17.2 Å². The molecule has 1 aliphatic heterocycles. The third kappa shape index (κ3) is 3.01. The molecule has 0 fully saturated rings. The van der Waals surface area contributed by atoms with Crippen LogP contribution in [0.25, 0.3) is 33.4 Å². The van der Waals surface area contributed by atoms with Crippen molar-refractivity contribution >= 4 is 33.7 Å². The maximum absolute atomic E-state index is 12.3. The number of carbonyl (C=O) groups excluding carboxylic acids is 1. The van der Waals surface area contributed by atoms with Gasteiger partial charge in [-0.2, -0.15) is 0 Å². The molecule has 0 radical (unpaired) electrons. The summed E-state index contributed by atoms with van der Waals surface area (Å²) in [6.45, 7) is 4.87. The number of hydrogen-bond donors (Lipinski definition) is 0. The Labute approximate surface area is 189 Å². The third-order valence-electron chi connectivity index (χ3n) is 5.85. The number of ether oxygens (including phenoxy) is 3. The molecular formula is C25H22N4O4. The molecule has 33 heavy (non-hydrogen) atoms. The van der Waals surface area contributed by atoms with Crippen LogP contribution in [0.4, 0.5) is 0 Å². The third-order valence-corrected chi connectivity index (χ3v) is 5.85. The van der Waals surface area contributed by atoms with E-state index in [4.69, 9.17) is 24.2 Å². The van der Waals surface area contributed by atoms with Gasteiger partial charge >= 0.3 is 5.97 Å². The number of hydrogen-bond acceptors (Lipinski definition) is 6. The number of aromatic nitrogens is 4. The van der Waals surface area contributed by atoms with Crippen LogP contribution in [-0.4, -0.2) is 38.1 Å². The van der Waals surface area contributed by atoms with E-state index in [0.717, 1.165) is 22.5 Å². The molecule has 1 aliphatic rings. The monoisotopic (exact) mass is 442 g/mol. The first-order chi connectivity index (χ1) is 16.2. The second-order valence-corrected chi connectivity index (χ2v) is 7.86. The molecule has 0 aliphatic carbocycles. The summed E-state index contributed by atoms with van der Waals surface area (Å²) in [7, 11) is 0. The number of fused-ring (bicyclic) bond motifs is 6. The molecule has 8 nitrogen and oxygen atoms in total. The minimum Gasteiger partial charge on any atom is -0.486 e. The second kappa shape index (κ2) is 7.51. The number of nitrogens with zero attached hydrogens (tertiary/aromatic N) is 4. The van der Waals surface area contributed by atoms with Gasteiger partial charge in [-0.05, 0) is 24.3 Å². The molecule has 0 spiro atoms. The van der Waals surface area contributed by atoms with Crippen molar-refractivity contribution in [1.82, 2.24) is 18.9 Å². The van der Waals surface area contributed by atoms with Crippen molar-refractivity contribution in [2.24, 2.45) is 0 Å². The fourth-order valence-electron chi connectivity index (χ4n) is 4.31. The Hall–Kier alpha value is -4.07. The number of imidazole rings is 1. The number of carbonyl (C=O) groups is 1. The number of aryl methyl sites for hydroxylation is 1. The van der Waals surface area contributed by atoms with Crippen molar-refractivity contribution in [3.63, 3.8) is 0 Å². The van der Waals surface area contributed by atoms with Gasteiger partial charge in [-0.3, -0.25) is 13.8 Å². The van der Waals surface area contributed by atoms with Gasteiger partial charge in [-0.1, -0.05) is 26.0 Å². The van der Waals surface area contributed by atoms with Gasteiger partial charge in [0.25, 0.3) is 0 Å². The molecular weight excluding hydrogens is 420 g/mol. The Kier molecular flexibility index (Phi) is 4.46. The highest BCUT2D eigenvalue weighted by Crippen LogP contribution is 2.38. The van der Waals surface area contributed by atoms with Crippen LogP contribution in [0, 0.1) is 0 Å². The van der Waals surface area contributed by atoms with Crippen LogP contribution >= 0.6 is 0 Å². The quantitative estimate of drug-likeness (QED) is 0.382. The highest BCUT2D eigenvalue weighted by Gasteiger charge is 2.23. The van der Waals surface area contributed by atoms with E-state index in [1.165, 1.54) is 0 Å². The Morgan fingerprint density at radius 3 is 2.67 bits per heavy atom. The molecule has 0 atom stereocenters. The summed E-state index contributed by atoms with van der Waals surface area (Å²) in [5.41, 5.74) is 4.05. The van der Waals surface area contributed by atoms with E-state index in [1.807, 2.05) is 47.0 Å². The number of rotatable bonds is 4. The molecule has 5 aromatic rings. The summed E-state index contributed by atoms with van der Waals surface area (Å²) in [4.78, 5) is 22.2. The summed E-state index contributed by atoms with van der Waals surface area (Å²) in [6, 6.07) is 13.7. The first-order valence-corrected chi connectivity index (χ1v) is 11.1. The molecule has 8 heteroatoms. The average molecular weight is 442 g/mol. The standard InChI is InChI=1S/C25H22N4O4/c1-3-21-27-24-23(25-26-16-7-5-6-8-17(16)29(21)25)20(33-22(30)4-2)14-28(24)15-9-10-18-19(13-15)32-12-11-31-18/h5-10,13-14H,3-4,11-12H2,1-2H3. The Bertz CT molecular complexity index is 1550. The Morgan fingerprint density at radius 1 is 1.03 bits per heavy atom. The Morgan fingerprint density at radius 2 is 1.85 bits per heavy atom. The van der Waals surface area contributed by atoms with Crippen molar-refractivity contribution in [2.75, 3.05) is 13.2 Å². The van der Waals surface area contributed by atoms with Gasteiger partial charge in [0.05, 0.1) is 22.9 Å². The van der Waals surface area contributed by atoms with Gasteiger partial charge in [0.2, 0.25) is 0 Å². The van der Waals surface area contributed by atoms with E-state index < -0.39 is 0 Å². The van der Waals surface area contributed by atoms with Crippen LogP contribution < -0.4 is 14.2 Å². The predicted molar refractivity (Wildman–Crippen MR) is 124 cm³/mol. The molecule has 4 heterocycles. The molecule has 0 amide bonds. The zero-order chi connectivity index (χ0) is 22.5. The predicted octanol–water partition coefficient (Wildman–Crippen LogP) is 4.48. The fraction of sp³-hybridized carbons (Fsp3) is 0.240. The van der Waals surface area contributed by atoms with Gasteiger partial charge < -0.3 is 14.2 Å². The van der Waals surface area contributed by atoms with E-state index >= 15 is 0 Å². The highest BCUT2D eigenvalue weighted by atomic mass is 16.6. The lowest BCUT2D eigenvalue weighted by atomic mass is 10.2. The van der Waals surface area contributed by atoms with Gasteiger partial charge in [0.1, 0.15) is 24.4 Å². The van der Waals surface area contributed by atoms with E-state index in [0.29, 0.717) is 53.6 Å². The number of benzene rings is 2.